The van der Waals surface area contributed by atoms with Gasteiger partial charge in [0.2, 0.25) is 0 Å². The van der Waals surface area contributed by atoms with Crippen molar-refractivity contribution < 1.29 is 0 Å². The zero-order valence-electron chi connectivity index (χ0n) is 10.7. The molecule has 0 aromatic heterocycles. The highest BCUT2D eigenvalue weighted by Crippen LogP contribution is 2.38. The normalized spacial score (nSPS) is 28.4. The first-order valence-electron chi connectivity index (χ1n) is 6.97. The maximum Gasteiger partial charge on any atom is 0.0407 e. The molecule has 1 heterocycles. The number of hydrogen-bond acceptors (Lipinski definition) is 2. The van der Waals surface area contributed by atoms with E-state index in [0.717, 1.165) is 29.9 Å². The molecule has 2 fully saturated rings. The summed E-state index contributed by atoms with van der Waals surface area (Å²) in [5.41, 5.74) is 7.47. The van der Waals surface area contributed by atoms with E-state index in [0.29, 0.717) is 6.04 Å². The van der Waals surface area contributed by atoms with E-state index in [1.54, 1.807) is 0 Å². The van der Waals surface area contributed by atoms with Crippen molar-refractivity contribution in [3.63, 3.8) is 0 Å². The van der Waals surface area contributed by atoms with Crippen LogP contribution in [-0.4, -0.2) is 19.1 Å². The fourth-order valence-electron chi connectivity index (χ4n) is 3.10. The summed E-state index contributed by atoms with van der Waals surface area (Å²) in [4.78, 5) is 2.43. The average Bonchev–Trinajstić information content (AvgIpc) is 3.13. The van der Waals surface area contributed by atoms with Gasteiger partial charge in [0.25, 0.3) is 0 Å². The van der Waals surface area contributed by atoms with Gasteiger partial charge in [-0.05, 0) is 48.9 Å². The third-order valence-corrected chi connectivity index (χ3v) is 4.38. The predicted molar refractivity (Wildman–Crippen MR) is 77.1 cm³/mol. The van der Waals surface area contributed by atoms with E-state index >= 15 is 0 Å². The molecule has 1 aromatic carbocycles. The lowest BCUT2D eigenvalue weighted by atomic mass is 9.90. The second kappa shape index (κ2) is 5.10. The number of nitrogens with two attached hydrogens (primary N) is 1. The van der Waals surface area contributed by atoms with Gasteiger partial charge in [0.1, 0.15) is 0 Å². The second-order valence-electron chi connectivity index (χ2n) is 5.92. The average molecular weight is 265 g/mol. The van der Waals surface area contributed by atoms with Crippen LogP contribution in [0.2, 0.25) is 5.02 Å². The highest BCUT2D eigenvalue weighted by Gasteiger charge is 2.31. The zero-order valence-corrected chi connectivity index (χ0v) is 11.4. The summed E-state index contributed by atoms with van der Waals surface area (Å²) >= 11 is 5.94. The first-order chi connectivity index (χ1) is 8.70. The Morgan fingerprint density at radius 2 is 1.83 bits per heavy atom. The summed E-state index contributed by atoms with van der Waals surface area (Å²) in [6.45, 7) is 2.13. The molecule has 2 atom stereocenters. The monoisotopic (exact) mass is 264 g/mol. The van der Waals surface area contributed by atoms with Gasteiger partial charge in [-0.1, -0.05) is 24.4 Å². The van der Waals surface area contributed by atoms with Gasteiger partial charge in [0, 0.05) is 29.8 Å². The Balaban J connectivity index is 1.68. The van der Waals surface area contributed by atoms with Gasteiger partial charge in [-0.2, -0.15) is 0 Å². The van der Waals surface area contributed by atoms with Crippen LogP contribution in [0, 0.1) is 11.8 Å². The molecule has 0 amide bonds. The third-order valence-electron chi connectivity index (χ3n) is 4.12. The van der Waals surface area contributed by atoms with Crippen LogP contribution in [0.5, 0.6) is 0 Å². The molecule has 0 bridgehead atoms. The van der Waals surface area contributed by atoms with E-state index in [4.69, 9.17) is 17.3 Å². The predicted octanol–water partition coefficient (Wildman–Crippen LogP) is 3.29. The van der Waals surface area contributed by atoms with Gasteiger partial charge in [0.15, 0.2) is 0 Å². The molecule has 1 aliphatic heterocycles. The SMILES string of the molecule is NC1CC(CC2CC2)CN(c2ccc(Cl)cc2)C1. The van der Waals surface area contributed by atoms with E-state index in [1.165, 1.54) is 31.4 Å². The van der Waals surface area contributed by atoms with Crippen LogP contribution in [-0.2, 0) is 0 Å². The molecule has 2 aliphatic rings. The molecule has 2 unspecified atom stereocenters. The number of hydrogen-bond donors (Lipinski definition) is 1. The molecule has 0 radical (unpaired) electrons. The van der Waals surface area contributed by atoms with Crippen LogP contribution in [0.15, 0.2) is 24.3 Å². The van der Waals surface area contributed by atoms with Crippen molar-refractivity contribution in [2.24, 2.45) is 17.6 Å². The summed E-state index contributed by atoms with van der Waals surface area (Å²) in [7, 11) is 0. The van der Waals surface area contributed by atoms with E-state index in [9.17, 15) is 0 Å². The fraction of sp³-hybridized carbons (Fsp3) is 0.600. The topological polar surface area (TPSA) is 29.3 Å². The molecule has 1 aliphatic carbocycles. The Bertz CT molecular complexity index is 397. The first kappa shape index (κ1) is 12.3. The maximum atomic E-state index is 6.21. The lowest BCUT2D eigenvalue weighted by molar-refractivity contribution is 0.344. The number of halogens is 1. The Labute approximate surface area is 114 Å². The number of anilines is 1. The molecule has 3 heteroatoms. The number of nitrogens with zero attached hydrogens (tertiary/aromatic N) is 1. The molecule has 2 nitrogen and oxygen atoms in total. The van der Waals surface area contributed by atoms with Crippen LogP contribution in [0.25, 0.3) is 0 Å². The smallest absolute Gasteiger partial charge is 0.0407 e. The second-order valence-corrected chi connectivity index (χ2v) is 6.36. The largest absolute Gasteiger partial charge is 0.370 e. The van der Waals surface area contributed by atoms with Gasteiger partial charge in [0.05, 0.1) is 0 Å². The molecule has 18 heavy (non-hydrogen) atoms. The number of rotatable bonds is 3. The van der Waals surface area contributed by atoms with E-state index < -0.39 is 0 Å². The summed E-state index contributed by atoms with van der Waals surface area (Å²) < 4.78 is 0. The lowest BCUT2D eigenvalue weighted by Gasteiger charge is -2.38. The molecule has 98 valence electrons. The number of benzene rings is 1. The van der Waals surface area contributed by atoms with Gasteiger partial charge < -0.3 is 10.6 Å². The molecule has 2 N–H and O–H groups in total. The van der Waals surface area contributed by atoms with Gasteiger partial charge in [-0.3, -0.25) is 0 Å². The van der Waals surface area contributed by atoms with E-state index in [1.807, 2.05) is 12.1 Å². The Kier molecular flexibility index (Phi) is 3.49. The fourth-order valence-corrected chi connectivity index (χ4v) is 3.23. The Morgan fingerprint density at radius 1 is 1.11 bits per heavy atom. The minimum atomic E-state index is 0.318. The van der Waals surface area contributed by atoms with Crippen molar-refractivity contribution in [3.05, 3.63) is 29.3 Å². The van der Waals surface area contributed by atoms with Crippen molar-refractivity contribution in [1.29, 1.82) is 0 Å². The van der Waals surface area contributed by atoms with Crippen LogP contribution in [0.3, 0.4) is 0 Å². The van der Waals surface area contributed by atoms with Gasteiger partial charge in [-0.25, -0.2) is 0 Å². The van der Waals surface area contributed by atoms with Gasteiger partial charge in [-0.15, -0.1) is 0 Å². The van der Waals surface area contributed by atoms with Crippen LogP contribution in [0.1, 0.15) is 25.7 Å². The maximum absolute atomic E-state index is 6.21. The summed E-state index contributed by atoms with van der Waals surface area (Å²) in [5.74, 6) is 1.77. The van der Waals surface area contributed by atoms with Crippen LogP contribution >= 0.6 is 11.6 Å². The lowest BCUT2D eigenvalue weighted by Crippen LogP contribution is -2.47. The van der Waals surface area contributed by atoms with E-state index in [-0.39, 0.29) is 0 Å². The van der Waals surface area contributed by atoms with Crippen LogP contribution in [0.4, 0.5) is 5.69 Å². The summed E-state index contributed by atoms with van der Waals surface area (Å²) in [6, 6.07) is 8.46. The minimum absolute atomic E-state index is 0.318. The van der Waals surface area contributed by atoms with Crippen molar-refractivity contribution in [1.82, 2.24) is 0 Å². The zero-order chi connectivity index (χ0) is 12.5. The Hall–Kier alpha value is -0.730. The highest BCUT2D eigenvalue weighted by molar-refractivity contribution is 6.30. The van der Waals surface area contributed by atoms with Crippen LogP contribution < -0.4 is 10.6 Å². The first-order valence-corrected chi connectivity index (χ1v) is 7.34. The van der Waals surface area contributed by atoms with Crippen molar-refractivity contribution in [2.75, 3.05) is 18.0 Å². The van der Waals surface area contributed by atoms with Crippen molar-refractivity contribution in [2.45, 2.75) is 31.7 Å². The standard InChI is InChI=1S/C15H21ClN2/c16-13-3-5-15(6-4-13)18-9-12(7-11-1-2-11)8-14(17)10-18/h3-6,11-12,14H,1-2,7-10,17H2. The third kappa shape index (κ3) is 2.99. The minimum Gasteiger partial charge on any atom is -0.370 e. The van der Waals surface area contributed by atoms with Crippen molar-refractivity contribution >= 4 is 17.3 Å². The highest BCUT2D eigenvalue weighted by atomic mass is 35.5. The quantitative estimate of drug-likeness (QED) is 0.908. The van der Waals surface area contributed by atoms with E-state index in [2.05, 4.69) is 17.0 Å². The Morgan fingerprint density at radius 3 is 2.50 bits per heavy atom. The molecule has 3 rings (SSSR count). The molecular weight excluding hydrogens is 244 g/mol. The van der Waals surface area contributed by atoms with Crippen molar-refractivity contribution in [3.8, 4) is 0 Å². The van der Waals surface area contributed by atoms with Gasteiger partial charge >= 0.3 is 0 Å². The number of piperidine rings is 1. The molecule has 1 aromatic rings. The summed E-state index contributed by atoms with van der Waals surface area (Å²) in [6.07, 6.45) is 5.44. The summed E-state index contributed by atoms with van der Waals surface area (Å²) in [5, 5.41) is 0.801. The molecule has 0 spiro atoms. The molecular formula is C15H21ClN2. The molecule has 1 saturated carbocycles. The molecule has 1 saturated heterocycles.